The van der Waals surface area contributed by atoms with Crippen molar-refractivity contribution in [3.8, 4) is 0 Å². The monoisotopic (exact) mass is 313 g/mol. The lowest BCUT2D eigenvalue weighted by Gasteiger charge is -2.29. The van der Waals surface area contributed by atoms with Crippen molar-refractivity contribution < 1.29 is 9.26 Å². The lowest BCUT2D eigenvalue weighted by molar-refractivity contribution is -0.0636. The minimum atomic E-state index is -0.369. The molecule has 5 nitrogen and oxygen atoms in total. The number of rotatable bonds is 7. The maximum atomic E-state index is 6.12. The molecule has 1 aliphatic carbocycles. The summed E-state index contributed by atoms with van der Waals surface area (Å²) in [4.78, 5) is 4.58. The molecule has 1 aliphatic rings. The summed E-state index contributed by atoms with van der Waals surface area (Å²) in [6.07, 6.45) is 9.69. The number of nitrogens with two attached hydrogens (primary N) is 1. The third-order valence-electron chi connectivity index (χ3n) is 4.13. The Morgan fingerprint density at radius 2 is 2.05 bits per heavy atom. The molecule has 1 aromatic rings. The van der Waals surface area contributed by atoms with Crippen molar-refractivity contribution in [2.75, 3.05) is 18.6 Å². The van der Waals surface area contributed by atoms with Crippen LogP contribution in [0.2, 0.25) is 0 Å². The highest BCUT2D eigenvalue weighted by Crippen LogP contribution is 2.38. The number of thioether (sulfide) groups is 1. The second-order valence-corrected chi connectivity index (χ2v) is 6.67. The standard InChI is InChI=1S/C15H27N3O2S/c1-3-19-15(9-6-4-5-7-10-15)14-17-13(20-18-14)12(16)8-11-21-2/h12H,3-11,16H2,1-2H3/t12-/m0/s1. The number of hydrogen-bond acceptors (Lipinski definition) is 6. The van der Waals surface area contributed by atoms with Crippen LogP contribution in [0, 0.1) is 0 Å². The Bertz CT molecular complexity index is 417. The summed E-state index contributed by atoms with van der Waals surface area (Å²) >= 11 is 1.78. The summed E-state index contributed by atoms with van der Waals surface area (Å²) in [5.41, 5.74) is 5.75. The quantitative estimate of drug-likeness (QED) is 0.778. The fraction of sp³-hybridized carbons (Fsp3) is 0.867. The molecule has 1 atom stereocenters. The fourth-order valence-corrected chi connectivity index (χ4v) is 3.44. The number of ether oxygens (including phenoxy) is 1. The zero-order chi connectivity index (χ0) is 15.1. The van der Waals surface area contributed by atoms with Crippen LogP contribution < -0.4 is 5.73 Å². The largest absolute Gasteiger partial charge is 0.367 e. The van der Waals surface area contributed by atoms with E-state index in [2.05, 4.69) is 16.4 Å². The fourth-order valence-electron chi connectivity index (χ4n) is 2.95. The van der Waals surface area contributed by atoms with Gasteiger partial charge in [0.15, 0.2) is 0 Å². The Morgan fingerprint density at radius 1 is 1.33 bits per heavy atom. The van der Waals surface area contributed by atoms with E-state index in [-0.39, 0.29) is 11.6 Å². The predicted octanol–water partition coefficient (Wildman–Crippen LogP) is 3.41. The summed E-state index contributed by atoms with van der Waals surface area (Å²) in [6.45, 7) is 2.69. The van der Waals surface area contributed by atoms with Crippen LogP contribution in [0.15, 0.2) is 4.52 Å². The van der Waals surface area contributed by atoms with Gasteiger partial charge in [0.1, 0.15) is 5.60 Å². The van der Waals surface area contributed by atoms with Crippen molar-refractivity contribution in [2.24, 2.45) is 5.73 Å². The van der Waals surface area contributed by atoms with Gasteiger partial charge in [0.05, 0.1) is 6.04 Å². The van der Waals surface area contributed by atoms with Gasteiger partial charge in [-0.2, -0.15) is 16.7 Å². The van der Waals surface area contributed by atoms with E-state index in [0.29, 0.717) is 18.3 Å². The molecule has 0 amide bonds. The summed E-state index contributed by atoms with van der Waals surface area (Å²) in [5.74, 6) is 2.23. The first kappa shape index (κ1) is 16.8. The molecule has 1 aromatic heterocycles. The molecule has 2 N–H and O–H groups in total. The van der Waals surface area contributed by atoms with Crippen molar-refractivity contribution in [1.82, 2.24) is 10.1 Å². The van der Waals surface area contributed by atoms with Crippen molar-refractivity contribution >= 4 is 11.8 Å². The first-order valence-electron chi connectivity index (χ1n) is 7.94. The van der Waals surface area contributed by atoms with Crippen LogP contribution in [-0.4, -0.2) is 28.8 Å². The van der Waals surface area contributed by atoms with Crippen LogP contribution in [0.5, 0.6) is 0 Å². The van der Waals surface area contributed by atoms with E-state index in [9.17, 15) is 0 Å². The molecule has 21 heavy (non-hydrogen) atoms. The average Bonchev–Trinajstić information content (AvgIpc) is 2.87. The molecular formula is C15H27N3O2S. The van der Waals surface area contributed by atoms with E-state index in [4.69, 9.17) is 15.0 Å². The maximum Gasteiger partial charge on any atom is 0.243 e. The molecular weight excluding hydrogens is 286 g/mol. The second-order valence-electron chi connectivity index (χ2n) is 5.69. The Morgan fingerprint density at radius 3 is 2.67 bits per heavy atom. The zero-order valence-corrected chi connectivity index (χ0v) is 14.0. The molecule has 0 saturated heterocycles. The highest BCUT2D eigenvalue weighted by Gasteiger charge is 2.38. The van der Waals surface area contributed by atoms with Gasteiger partial charge >= 0.3 is 0 Å². The van der Waals surface area contributed by atoms with Gasteiger partial charge in [-0.1, -0.05) is 30.8 Å². The van der Waals surface area contributed by atoms with Gasteiger partial charge in [0.25, 0.3) is 0 Å². The van der Waals surface area contributed by atoms with E-state index in [1.807, 2.05) is 6.92 Å². The molecule has 6 heteroatoms. The van der Waals surface area contributed by atoms with Crippen molar-refractivity contribution in [3.05, 3.63) is 11.7 Å². The summed E-state index contributed by atoms with van der Waals surface area (Å²) in [7, 11) is 0. The predicted molar refractivity (Wildman–Crippen MR) is 85.2 cm³/mol. The first-order valence-corrected chi connectivity index (χ1v) is 9.34. The van der Waals surface area contributed by atoms with E-state index in [0.717, 1.165) is 37.9 Å². The van der Waals surface area contributed by atoms with Crippen molar-refractivity contribution in [1.29, 1.82) is 0 Å². The Balaban J connectivity index is 2.15. The van der Waals surface area contributed by atoms with Gasteiger partial charge in [0, 0.05) is 6.61 Å². The maximum absolute atomic E-state index is 6.12. The SMILES string of the molecule is CCOC1(c2noc([C@@H](N)CCSC)n2)CCCCCC1. The van der Waals surface area contributed by atoms with Gasteiger partial charge in [-0.25, -0.2) is 0 Å². The highest BCUT2D eigenvalue weighted by molar-refractivity contribution is 7.98. The number of nitrogens with zero attached hydrogens (tertiary/aromatic N) is 2. The van der Waals surface area contributed by atoms with Crippen LogP contribution in [0.25, 0.3) is 0 Å². The Kier molecular flexibility index (Phi) is 6.51. The van der Waals surface area contributed by atoms with Gasteiger partial charge in [-0.05, 0) is 38.2 Å². The van der Waals surface area contributed by atoms with Gasteiger partial charge in [-0.3, -0.25) is 0 Å². The lowest BCUT2D eigenvalue weighted by atomic mass is 9.93. The average molecular weight is 313 g/mol. The lowest BCUT2D eigenvalue weighted by Crippen LogP contribution is -2.31. The smallest absolute Gasteiger partial charge is 0.243 e. The van der Waals surface area contributed by atoms with Crippen molar-refractivity contribution in [2.45, 2.75) is 63.5 Å². The van der Waals surface area contributed by atoms with Crippen LogP contribution >= 0.6 is 11.8 Å². The molecule has 2 rings (SSSR count). The Labute approximate surface area is 131 Å². The molecule has 1 heterocycles. The van der Waals surface area contributed by atoms with Gasteiger partial charge in [-0.15, -0.1) is 0 Å². The molecule has 0 aromatic carbocycles. The highest BCUT2D eigenvalue weighted by atomic mass is 32.2. The molecule has 0 radical (unpaired) electrons. The second kappa shape index (κ2) is 8.15. The molecule has 0 unspecified atom stereocenters. The first-order chi connectivity index (χ1) is 10.2. The third kappa shape index (κ3) is 4.20. The van der Waals surface area contributed by atoms with E-state index < -0.39 is 0 Å². The molecule has 1 fully saturated rings. The molecule has 0 spiro atoms. The van der Waals surface area contributed by atoms with Gasteiger partial charge in [0.2, 0.25) is 11.7 Å². The van der Waals surface area contributed by atoms with Crippen LogP contribution in [-0.2, 0) is 10.3 Å². The minimum Gasteiger partial charge on any atom is -0.367 e. The minimum absolute atomic E-state index is 0.178. The number of aromatic nitrogens is 2. The topological polar surface area (TPSA) is 74.2 Å². The van der Waals surface area contributed by atoms with Crippen LogP contribution in [0.4, 0.5) is 0 Å². The summed E-state index contributed by atoms with van der Waals surface area (Å²) in [5, 5.41) is 4.20. The summed E-state index contributed by atoms with van der Waals surface area (Å²) < 4.78 is 11.5. The van der Waals surface area contributed by atoms with E-state index in [1.165, 1.54) is 12.8 Å². The van der Waals surface area contributed by atoms with Crippen LogP contribution in [0.1, 0.15) is 69.6 Å². The molecule has 120 valence electrons. The number of hydrogen-bond donors (Lipinski definition) is 1. The zero-order valence-electron chi connectivity index (χ0n) is 13.1. The Hall–Kier alpha value is -0.590. The van der Waals surface area contributed by atoms with Gasteiger partial charge < -0.3 is 15.0 Å². The normalized spacial score (nSPS) is 20.1. The van der Waals surface area contributed by atoms with E-state index >= 15 is 0 Å². The molecule has 0 bridgehead atoms. The third-order valence-corrected chi connectivity index (χ3v) is 4.78. The molecule has 0 aliphatic heterocycles. The van der Waals surface area contributed by atoms with Crippen LogP contribution in [0.3, 0.4) is 0 Å². The van der Waals surface area contributed by atoms with Crippen molar-refractivity contribution in [3.63, 3.8) is 0 Å². The molecule has 1 saturated carbocycles. The van der Waals surface area contributed by atoms with E-state index in [1.54, 1.807) is 11.8 Å². The summed E-state index contributed by atoms with van der Waals surface area (Å²) in [6, 6.07) is -0.178.